The summed E-state index contributed by atoms with van der Waals surface area (Å²) in [6.45, 7) is 1.98. The molecule has 2 fully saturated rings. The van der Waals surface area contributed by atoms with E-state index in [-0.39, 0.29) is 17.8 Å². The predicted octanol–water partition coefficient (Wildman–Crippen LogP) is -0.843. The van der Waals surface area contributed by atoms with Gasteiger partial charge in [-0.1, -0.05) is 6.42 Å². The molecule has 27 heavy (non-hydrogen) atoms. The van der Waals surface area contributed by atoms with Crippen LogP contribution in [0.4, 0.5) is 0 Å². The zero-order valence-corrected chi connectivity index (χ0v) is 15.8. The van der Waals surface area contributed by atoms with Crippen LogP contribution in [-0.2, 0) is 14.4 Å². The van der Waals surface area contributed by atoms with E-state index < -0.39 is 17.5 Å². The van der Waals surface area contributed by atoms with Crippen molar-refractivity contribution in [2.75, 3.05) is 19.6 Å². The van der Waals surface area contributed by atoms with E-state index >= 15 is 0 Å². The third-order valence-electron chi connectivity index (χ3n) is 5.35. The van der Waals surface area contributed by atoms with Crippen molar-refractivity contribution in [3.8, 4) is 0 Å². The molecule has 152 valence electrons. The smallest absolute Gasteiger partial charge is 0.248 e. The Morgan fingerprint density at radius 1 is 1.30 bits per heavy atom. The van der Waals surface area contributed by atoms with Crippen LogP contribution in [-0.4, -0.2) is 61.2 Å². The second-order valence-electron chi connectivity index (χ2n) is 7.41. The van der Waals surface area contributed by atoms with Gasteiger partial charge in [0.1, 0.15) is 6.29 Å². The maximum atomic E-state index is 13.0. The lowest BCUT2D eigenvalue weighted by molar-refractivity contribution is -0.138. The first kappa shape index (κ1) is 21.3. The van der Waals surface area contributed by atoms with Crippen molar-refractivity contribution in [3.63, 3.8) is 0 Å². The number of hydrogen-bond acceptors (Lipinski definition) is 6. The minimum atomic E-state index is -1.22. The number of guanidine groups is 1. The van der Waals surface area contributed by atoms with Gasteiger partial charge in [0.25, 0.3) is 0 Å². The summed E-state index contributed by atoms with van der Waals surface area (Å²) in [4.78, 5) is 37.3. The Hall–Kier alpha value is -2.00. The van der Waals surface area contributed by atoms with Crippen LogP contribution in [0.3, 0.4) is 0 Å². The van der Waals surface area contributed by atoms with Gasteiger partial charge in [-0.15, -0.1) is 0 Å². The van der Waals surface area contributed by atoms with Crippen LogP contribution in [0.15, 0.2) is 0 Å². The van der Waals surface area contributed by atoms with Crippen molar-refractivity contribution < 1.29 is 14.4 Å². The van der Waals surface area contributed by atoms with Crippen molar-refractivity contribution in [1.29, 1.82) is 5.41 Å². The highest BCUT2D eigenvalue weighted by molar-refractivity contribution is 6.11. The molecule has 0 aromatic rings. The number of piperidine rings is 1. The van der Waals surface area contributed by atoms with E-state index in [1.54, 1.807) is 0 Å². The highest BCUT2D eigenvalue weighted by Crippen LogP contribution is 2.25. The fourth-order valence-corrected chi connectivity index (χ4v) is 3.81. The zero-order valence-electron chi connectivity index (χ0n) is 15.8. The van der Waals surface area contributed by atoms with Crippen LogP contribution in [0, 0.1) is 5.41 Å². The molecule has 0 aromatic carbocycles. The monoisotopic (exact) mass is 380 g/mol. The summed E-state index contributed by atoms with van der Waals surface area (Å²) in [5, 5.41) is 19.0. The summed E-state index contributed by atoms with van der Waals surface area (Å²) in [6, 6.07) is -0.538. The first-order chi connectivity index (χ1) is 13.0. The summed E-state index contributed by atoms with van der Waals surface area (Å²) < 4.78 is 0. The molecular formula is C18H32N6O3. The van der Waals surface area contributed by atoms with Gasteiger partial charge < -0.3 is 26.5 Å². The van der Waals surface area contributed by atoms with E-state index in [0.29, 0.717) is 45.1 Å². The molecule has 7 N–H and O–H groups in total. The molecule has 9 heteroatoms. The van der Waals surface area contributed by atoms with Gasteiger partial charge in [0.2, 0.25) is 5.91 Å². The Kier molecular flexibility index (Phi) is 8.18. The molecule has 2 rings (SSSR count). The average molecular weight is 380 g/mol. The van der Waals surface area contributed by atoms with E-state index in [1.807, 2.05) is 0 Å². The Morgan fingerprint density at radius 2 is 2.11 bits per heavy atom. The molecule has 0 saturated carbocycles. The summed E-state index contributed by atoms with van der Waals surface area (Å²) in [7, 11) is 0. The molecule has 2 aliphatic rings. The van der Waals surface area contributed by atoms with E-state index in [0.717, 1.165) is 32.2 Å². The summed E-state index contributed by atoms with van der Waals surface area (Å²) in [5.74, 6) is -0.630. The first-order valence-corrected chi connectivity index (χ1v) is 9.84. The van der Waals surface area contributed by atoms with Gasteiger partial charge in [-0.2, -0.15) is 0 Å². The van der Waals surface area contributed by atoms with Gasteiger partial charge >= 0.3 is 0 Å². The third-order valence-corrected chi connectivity index (χ3v) is 5.35. The van der Waals surface area contributed by atoms with Gasteiger partial charge in [-0.3, -0.25) is 20.3 Å². The lowest BCUT2D eigenvalue weighted by Gasteiger charge is -2.31. The standard InChI is InChI=1S/C18H32N6O3/c19-17(20)22-9-3-6-14(12-25)24-16(27)18(7-4-10-23-18)15(26)11-13-5-1-2-8-21-13/h12-14,21,23H,1-11H2,(H,24,27)(H4,19,20,22)/t13?,14-,18+/m0/s1. The third kappa shape index (κ3) is 6.00. The number of amides is 1. The number of hydrogen-bond donors (Lipinski definition) is 6. The predicted molar refractivity (Wildman–Crippen MR) is 102 cm³/mol. The number of aldehydes is 1. The number of carbonyl (C=O) groups is 3. The molecule has 2 heterocycles. The Balaban J connectivity index is 1.92. The number of ketones is 1. The Morgan fingerprint density at radius 3 is 2.70 bits per heavy atom. The van der Waals surface area contributed by atoms with E-state index in [4.69, 9.17) is 11.1 Å². The van der Waals surface area contributed by atoms with Crippen molar-refractivity contribution in [3.05, 3.63) is 0 Å². The lowest BCUT2D eigenvalue weighted by atomic mass is 9.85. The van der Waals surface area contributed by atoms with Crippen molar-refractivity contribution in [2.24, 2.45) is 5.73 Å². The van der Waals surface area contributed by atoms with Crippen molar-refractivity contribution in [1.82, 2.24) is 21.3 Å². The van der Waals surface area contributed by atoms with Crippen LogP contribution < -0.4 is 27.0 Å². The second kappa shape index (κ2) is 10.4. The molecule has 9 nitrogen and oxygen atoms in total. The Bertz CT molecular complexity index is 541. The largest absolute Gasteiger partial charge is 0.370 e. The van der Waals surface area contributed by atoms with Crippen LogP contribution in [0.25, 0.3) is 0 Å². The molecule has 1 unspecified atom stereocenters. The molecule has 3 atom stereocenters. The van der Waals surface area contributed by atoms with Gasteiger partial charge in [0.05, 0.1) is 6.04 Å². The van der Waals surface area contributed by atoms with Gasteiger partial charge in [0, 0.05) is 19.0 Å². The molecule has 0 aromatic heterocycles. The minimum absolute atomic E-state index is 0.0974. The molecule has 0 aliphatic carbocycles. The molecule has 1 amide bonds. The van der Waals surface area contributed by atoms with Crippen LogP contribution in [0.2, 0.25) is 0 Å². The number of nitrogens with two attached hydrogens (primary N) is 1. The van der Waals surface area contributed by atoms with Crippen LogP contribution in [0.1, 0.15) is 51.4 Å². The van der Waals surface area contributed by atoms with Crippen LogP contribution >= 0.6 is 0 Å². The molecule has 2 saturated heterocycles. The number of nitrogens with one attached hydrogen (secondary N) is 5. The first-order valence-electron chi connectivity index (χ1n) is 9.84. The minimum Gasteiger partial charge on any atom is -0.370 e. The summed E-state index contributed by atoms with van der Waals surface area (Å²) >= 11 is 0. The highest BCUT2D eigenvalue weighted by Gasteiger charge is 2.48. The maximum Gasteiger partial charge on any atom is 0.248 e. The topological polar surface area (TPSA) is 149 Å². The molecule has 2 aliphatic heterocycles. The van der Waals surface area contributed by atoms with E-state index in [1.165, 1.54) is 0 Å². The molecule has 0 spiro atoms. The maximum absolute atomic E-state index is 13.0. The molecular weight excluding hydrogens is 348 g/mol. The van der Waals surface area contributed by atoms with E-state index in [9.17, 15) is 14.4 Å². The highest BCUT2D eigenvalue weighted by atomic mass is 16.2. The number of rotatable bonds is 10. The fraction of sp³-hybridized carbons (Fsp3) is 0.778. The van der Waals surface area contributed by atoms with Crippen LogP contribution in [0.5, 0.6) is 0 Å². The molecule has 0 bridgehead atoms. The number of Topliss-reactive ketones (excluding diaryl/α,β-unsaturated/α-hetero) is 1. The summed E-state index contributed by atoms with van der Waals surface area (Å²) in [5.41, 5.74) is 3.99. The van der Waals surface area contributed by atoms with Crippen molar-refractivity contribution >= 4 is 23.9 Å². The van der Waals surface area contributed by atoms with Gasteiger partial charge in [0.15, 0.2) is 17.3 Å². The summed E-state index contributed by atoms with van der Waals surface area (Å²) in [6.07, 6.45) is 6.40. The quantitative estimate of drug-likeness (QED) is 0.0951. The normalized spacial score (nSPS) is 26.1. The fourth-order valence-electron chi connectivity index (χ4n) is 3.81. The molecule has 0 radical (unpaired) electrons. The van der Waals surface area contributed by atoms with Gasteiger partial charge in [-0.25, -0.2) is 0 Å². The second-order valence-corrected chi connectivity index (χ2v) is 7.41. The Labute approximate surface area is 160 Å². The van der Waals surface area contributed by atoms with Gasteiger partial charge in [-0.05, 0) is 51.6 Å². The van der Waals surface area contributed by atoms with Crippen molar-refractivity contribution in [2.45, 2.75) is 69.0 Å². The zero-order chi connectivity index (χ0) is 19.7. The SMILES string of the molecule is N=C(N)NCCC[C@@H](C=O)NC(=O)[C@]1(C(=O)CC2CCCCN2)CCCN1. The number of carbonyl (C=O) groups excluding carboxylic acids is 3. The lowest BCUT2D eigenvalue weighted by Crippen LogP contribution is -2.61. The average Bonchev–Trinajstić information content (AvgIpc) is 3.16. The van der Waals surface area contributed by atoms with E-state index in [2.05, 4.69) is 21.3 Å².